The maximum Gasteiger partial charge on any atom is 0.337 e. The Morgan fingerprint density at radius 2 is 1.31 bits per heavy atom. The Labute approximate surface area is 203 Å². The van der Waals surface area contributed by atoms with E-state index in [0.29, 0.717) is 23.7 Å². The van der Waals surface area contributed by atoms with Gasteiger partial charge >= 0.3 is 5.97 Å². The van der Waals surface area contributed by atoms with Gasteiger partial charge in [0.05, 0.1) is 17.9 Å². The number of carboxylic acid groups (broad SMARTS) is 1. The number of aryl methyl sites for hydroxylation is 1. The lowest BCUT2D eigenvalue weighted by Crippen LogP contribution is -2.14. The van der Waals surface area contributed by atoms with Crippen molar-refractivity contribution in [1.29, 1.82) is 0 Å². The second-order valence-electron chi connectivity index (χ2n) is 7.84. The maximum absolute atomic E-state index is 12.5. The number of carbonyl (C=O) groups is 2. The van der Waals surface area contributed by atoms with E-state index in [2.05, 4.69) is 17.4 Å². The fraction of sp³-hybridized carbons (Fsp3) is 0.103. The van der Waals surface area contributed by atoms with Crippen LogP contribution in [0.3, 0.4) is 0 Å². The molecule has 4 aromatic rings. The van der Waals surface area contributed by atoms with E-state index in [4.69, 9.17) is 9.47 Å². The van der Waals surface area contributed by atoms with Crippen LogP contribution in [0.15, 0.2) is 103 Å². The predicted molar refractivity (Wildman–Crippen MR) is 135 cm³/mol. The fourth-order valence-corrected chi connectivity index (χ4v) is 3.50. The van der Waals surface area contributed by atoms with Gasteiger partial charge in [0.15, 0.2) is 0 Å². The third-order valence-electron chi connectivity index (χ3n) is 5.30. The molecule has 0 heterocycles. The molecule has 0 atom stereocenters. The molecular weight excluding hydrogens is 442 g/mol. The number of rotatable bonds is 10. The molecule has 1 amide bonds. The number of hydrogen-bond donors (Lipinski definition) is 2. The molecule has 0 fully saturated rings. The SMILES string of the molecule is O=C(Nc1ccccc1C(=O)O)c1ccc(Oc2ccc(OCCCc3ccccc3)cc2)cc1. The highest BCUT2D eigenvalue weighted by Crippen LogP contribution is 2.25. The fourth-order valence-electron chi connectivity index (χ4n) is 3.50. The number of anilines is 1. The van der Waals surface area contributed by atoms with Gasteiger partial charge in [-0.1, -0.05) is 42.5 Å². The average Bonchev–Trinajstić information content (AvgIpc) is 2.89. The molecule has 6 heteroatoms. The minimum atomic E-state index is -1.10. The topological polar surface area (TPSA) is 84.9 Å². The zero-order valence-electron chi connectivity index (χ0n) is 19.0. The monoisotopic (exact) mass is 467 g/mol. The van der Waals surface area contributed by atoms with E-state index in [-0.39, 0.29) is 11.3 Å². The van der Waals surface area contributed by atoms with E-state index >= 15 is 0 Å². The number of amides is 1. The Kier molecular flexibility index (Phi) is 7.76. The molecule has 0 aliphatic heterocycles. The first-order valence-corrected chi connectivity index (χ1v) is 11.3. The van der Waals surface area contributed by atoms with Crippen molar-refractivity contribution in [2.45, 2.75) is 12.8 Å². The largest absolute Gasteiger partial charge is 0.494 e. The number of ether oxygens (including phenoxy) is 2. The van der Waals surface area contributed by atoms with Crippen LogP contribution < -0.4 is 14.8 Å². The van der Waals surface area contributed by atoms with Gasteiger partial charge in [-0.25, -0.2) is 4.79 Å². The summed E-state index contributed by atoms with van der Waals surface area (Å²) in [6.07, 6.45) is 1.91. The molecule has 2 N–H and O–H groups in total. The number of nitrogens with one attached hydrogen (secondary N) is 1. The summed E-state index contributed by atoms with van der Waals surface area (Å²) in [6.45, 7) is 0.634. The zero-order chi connectivity index (χ0) is 24.5. The summed E-state index contributed by atoms with van der Waals surface area (Å²) >= 11 is 0. The minimum Gasteiger partial charge on any atom is -0.494 e. The first-order valence-electron chi connectivity index (χ1n) is 11.3. The van der Waals surface area contributed by atoms with Crippen molar-refractivity contribution in [3.63, 3.8) is 0 Å². The summed E-state index contributed by atoms with van der Waals surface area (Å²) in [5, 5.41) is 11.9. The van der Waals surface area contributed by atoms with Gasteiger partial charge in [0.25, 0.3) is 5.91 Å². The van der Waals surface area contributed by atoms with Crippen molar-refractivity contribution in [3.8, 4) is 17.2 Å². The molecule has 4 aromatic carbocycles. The van der Waals surface area contributed by atoms with Gasteiger partial charge in [0, 0.05) is 5.56 Å². The molecule has 4 rings (SSSR count). The van der Waals surface area contributed by atoms with Crippen LogP contribution in [0, 0.1) is 0 Å². The van der Waals surface area contributed by atoms with E-state index in [0.717, 1.165) is 18.6 Å². The summed E-state index contributed by atoms with van der Waals surface area (Å²) in [5.74, 6) is 0.490. The second kappa shape index (κ2) is 11.5. The molecule has 0 bridgehead atoms. The van der Waals surface area contributed by atoms with Gasteiger partial charge < -0.3 is 19.9 Å². The number of carboxylic acids is 1. The van der Waals surface area contributed by atoms with Crippen molar-refractivity contribution >= 4 is 17.6 Å². The van der Waals surface area contributed by atoms with E-state index in [1.807, 2.05) is 42.5 Å². The molecule has 6 nitrogen and oxygen atoms in total. The molecule has 0 unspecified atom stereocenters. The van der Waals surface area contributed by atoms with Crippen LogP contribution in [0.25, 0.3) is 0 Å². The first kappa shape index (κ1) is 23.6. The molecule has 35 heavy (non-hydrogen) atoms. The molecule has 0 saturated carbocycles. The molecule has 0 spiro atoms. The van der Waals surface area contributed by atoms with Gasteiger partial charge in [0.2, 0.25) is 0 Å². The van der Waals surface area contributed by atoms with Crippen LogP contribution in [0.1, 0.15) is 32.7 Å². The number of para-hydroxylation sites is 1. The van der Waals surface area contributed by atoms with Crippen molar-refractivity contribution in [2.75, 3.05) is 11.9 Å². The summed E-state index contributed by atoms with van der Waals surface area (Å²) in [4.78, 5) is 23.8. The van der Waals surface area contributed by atoms with Gasteiger partial charge in [-0.15, -0.1) is 0 Å². The summed E-state index contributed by atoms with van der Waals surface area (Å²) < 4.78 is 11.7. The lowest BCUT2D eigenvalue weighted by molar-refractivity contribution is 0.0698. The smallest absolute Gasteiger partial charge is 0.337 e. The summed E-state index contributed by atoms with van der Waals surface area (Å²) in [5.41, 5.74) is 1.96. The molecule has 0 aliphatic rings. The van der Waals surface area contributed by atoms with Crippen LogP contribution >= 0.6 is 0 Å². The van der Waals surface area contributed by atoms with E-state index in [1.165, 1.54) is 11.6 Å². The lowest BCUT2D eigenvalue weighted by atomic mass is 10.1. The van der Waals surface area contributed by atoms with Crippen LogP contribution in [-0.2, 0) is 6.42 Å². The quantitative estimate of drug-likeness (QED) is 0.262. The highest BCUT2D eigenvalue weighted by atomic mass is 16.5. The van der Waals surface area contributed by atoms with Gasteiger partial charge in [-0.2, -0.15) is 0 Å². The van der Waals surface area contributed by atoms with Crippen LogP contribution in [0.2, 0.25) is 0 Å². The van der Waals surface area contributed by atoms with Crippen molar-refractivity contribution in [3.05, 3.63) is 120 Å². The standard InChI is InChI=1S/C29H25NO5/c31-28(30-27-11-5-4-10-26(27)29(32)33)22-12-14-24(15-13-22)35-25-18-16-23(17-19-25)34-20-6-9-21-7-2-1-3-8-21/h1-5,7-8,10-19H,6,9,20H2,(H,30,31)(H,32,33). The van der Waals surface area contributed by atoms with E-state index in [1.54, 1.807) is 42.5 Å². The number of aromatic carboxylic acids is 1. The molecule has 0 saturated heterocycles. The summed E-state index contributed by atoms with van der Waals surface area (Å²) in [7, 11) is 0. The third-order valence-corrected chi connectivity index (χ3v) is 5.30. The molecule has 0 aromatic heterocycles. The van der Waals surface area contributed by atoms with E-state index < -0.39 is 11.9 Å². The number of benzene rings is 4. The number of hydrogen-bond acceptors (Lipinski definition) is 4. The Morgan fingerprint density at radius 1 is 0.714 bits per heavy atom. The summed E-state index contributed by atoms with van der Waals surface area (Å²) in [6, 6.07) is 30.6. The Hall–Kier alpha value is -4.58. The molecular formula is C29H25NO5. The second-order valence-corrected chi connectivity index (χ2v) is 7.84. The van der Waals surface area contributed by atoms with Gasteiger partial charge in [0.1, 0.15) is 17.2 Å². The molecule has 0 aliphatic carbocycles. The molecule has 0 radical (unpaired) electrons. The van der Waals surface area contributed by atoms with Gasteiger partial charge in [-0.3, -0.25) is 4.79 Å². The highest BCUT2D eigenvalue weighted by Gasteiger charge is 2.13. The Balaban J connectivity index is 1.27. The highest BCUT2D eigenvalue weighted by molar-refractivity contribution is 6.07. The Bertz CT molecular complexity index is 1270. The van der Waals surface area contributed by atoms with E-state index in [9.17, 15) is 14.7 Å². The number of carbonyl (C=O) groups excluding carboxylic acids is 1. The lowest BCUT2D eigenvalue weighted by Gasteiger charge is -2.10. The minimum absolute atomic E-state index is 0.0319. The van der Waals surface area contributed by atoms with Crippen molar-refractivity contribution < 1.29 is 24.2 Å². The predicted octanol–water partition coefficient (Wildman–Crippen LogP) is 6.44. The van der Waals surface area contributed by atoms with Gasteiger partial charge in [-0.05, 0) is 79.1 Å². The van der Waals surface area contributed by atoms with Crippen molar-refractivity contribution in [1.82, 2.24) is 0 Å². The Morgan fingerprint density at radius 3 is 2.00 bits per heavy atom. The maximum atomic E-state index is 12.5. The van der Waals surface area contributed by atoms with Crippen LogP contribution in [-0.4, -0.2) is 23.6 Å². The van der Waals surface area contributed by atoms with Crippen LogP contribution in [0.4, 0.5) is 5.69 Å². The normalized spacial score (nSPS) is 10.4. The average molecular weight is 468 g/mol. The molecule has 176 valence electrons. The third kappa shape index (κ3) is 6.71. The first-order chi connectivity index (χ1) is 17.1. The van der Waals surface area contributed by atoms with Crippen molar-refractivity contribution in [2.24, 2.45) is 0 Å². The van der Waals surface area contributed by atoms with Crippen LogP contribution in [0.5, 0.6) is 17.2 Å². The zero-order valence-corrected chi connectivity index (χ0v) is 19.0.